The summed E-state index contributed by atoms with van der Waals surface area (Å²) in [7, 11) is 1.77. The Balaban J connectivity index is 0.000000994. The van der Waals surface area contributed by atoms with Crippen LogP contribution in [0.5, 0.6) is 17.2 Å². The van der Waals surface area contributed by atoms with Crippen LogP contribution in [0.3, 0.4) is 0 Å². The highest BCUT2D eigenvalue weighted by Crippen LogP contribution is 2.51. The maximum absolute atomic E-state index is 8.00. The average molecular weight is 439 g/mol. The van der Waals surface area contributed by atoms with Gasteiger partial charge in [-0.3, -0.25) is 0 Å². The Hall–Kier alpha value is -2.14. The number of ether oxygens (including phenoxy) is 3. The van der Waals surface area contributed by atoms with Crippen LogP contribution >= 0.6 is 11.8 Å². The third kappa shape index (κ3) is 3.71. The molecule has 5 heteroatoms. The van der Waals surface area contributed by atoms with E-state index in [-0.39, 0.29) is 0 Å². The summed E-state index contributed by atoms with van der Waals surface area (Å²) in [5.41, 5.74) is 5.93. The molecule has 2 unspecified atom stereocenters. The van der Waals surface area contributed by atoms with Crippen LogP contribution in [0.4, 0.5) is 0 Å². The Morgan fingerprint density at radius 2 is 1.90 bits per heavy atom. The van der Waals surface area contributed by atoms with Crippen LogP contribution in [0.2, 0.25) is 0 Å². The van der Waals surface area contributed by atoms with E-state index in [0.29, 0.717) is 17.9 Å². The van der Waals surface area contributed by atoms with Crippen molar-refractivity contribution < 1.29 is 19.0 Å². The normalized spacial score (nSPS) is 23.4. The summed E-state index contributed by atoms with van der Waals surface area (Å²) >= 11 is 1.83. The lowest BCUT2D eigenvalue weighted by Crippen LogP contribution is -2.29. The summed E-state index contributed by atoms with van der Waals surface area (Å²) < 4.78 is 18.1. The van der Waals surface area contributed by atoms with E-state index in [2.05, 4.69) is 24.3 Å². The maximum Gasteiger partial charge on any atom is 0.165 e. The molecule has 0 amide bonds. The van der Waals surface area contributed by atoms with Gasteiger partial charge in [0, 0.05) is 5.56 Å². The van der Waals surface area contributed by atoms with Crippen molar-refractivity contribution in [3.05, 3.63) is 46.5 Å². The Kier molecular flexibility index (Phi) is 5.87. The molecule has 6 rings (SSSR count). The van der Waals surface area contributed by atoms with Gasteiger partial charge in [-0.25, -0.2) is 0 Å². The lowest BCUT2D eigenvalue weighted by molar-refractivity contribution is -0.0979. The van der Waals surface area contributed by atoms with Crippen molar-refractivity contribution in [2.75, 3.05) is 13.0 Å². The van der Waals surface area contributed by atoms with Gasteiger partial charge in [0.2, 0.25) is 0 Å². The molecule has 0 N–H and O–H groups in total. The summed E-state index contributed by atoms with van der Waals surface area (Å²) in [5, 5.41) is 0. The number of methoxy groups -OCH3 is 1. The van der Waals surface area contributed by atoms with E-state index in [1.54, 1.807) is 12.7 Å². The molecular weight excluding hydrogens is 408 g/mol. The Bertz CT molecular complexity index is 966. The van der Waals surface area contributed by atoms with Gasteiger partial charge in [0.05, 0.1) is 18.1 Å². The summed E-state index contributed by atoms with van der Waals surface area (Å²) in [4.78, 5) is 9.33. The van der Waals surface area contributed by atoms with Crippen molar-refractivity contribution in [2.45, 2.75) is 68.3 Å². The van der Waals surface area contributed by atoms with Crippen molar-refractivity contribution in [3.63, 3.8) is 0 Å². The van der Waals surface area contributed by atoms with Crippen LogP contribution in [0, 0.1) is 5.92 Å². The molecule has 3 aliphatic carbocycles. The number of carbonyl (C=O) groups is 1. The lowest BCUT2D eigenvalue weighted by atomic mass is 9.66. The van der Waals surface area contributed by atoms with Crippen molar-refractivity contribution in [1.82, 2.24) is 0 Å². The number of thioether (sulfide) groups is 1. The van der Waals surface area contributed by atoms with Gasteiger partial charge in [0.25, 0.3) is 0 Å². The molecule has 0 radical (unpaired) electrons. The second kappa shape index (κ2) is 8.78. The van der Waals surface area contributed by atoms with Crippen LogP contribution in [0.25, 0.3) is 0 Å². The molecule has 0 aromatic heterocycles. The molecule has 0 saturated heterocycles. The highest BCUT2D eigenvalue weighted by molar-refractivity contribution is 7.99. The quantitative estimate of drug-likeness (QED) is 0.613. The lowest BCUT2D eigenvalue weighted by Gasteiger charge is -2.39. The number of benzene rings is 2. The first kappa shape index (κ1) is 20.7. The molecule has 0 spiro atoms. The number of hydrogen-bond acceptors (Lipinski definition) is 5. The van der Waals surface area contributed by atoms with E-state index in [0.717, 1.165) is 36.0 Å². The molecule has 1 saturated carbocycles. The second-order valence-electron chi connectivity index (χ2n) is 8.98. The van der Waals surface area contributed by atoms with E-state index in [1.165, 1.54) is 60.1 Å². The first-order chi connectivity index (χ1) is 15.3. The summed E-state index contributed by atoms with van der Waals surface area (Å²) in [6.07, 6.45) is 9.93. The monoisotopic (exact) mass is 438 g/mol. The largest absolute Gasteiger partial charge is 0.493 e. The van der Waals surface area contributed by atoms with Crippen molar-refractivity contribution >= 4 is 18.6 Å². The van der Waals surface area contributed by atoms with Gasteiger partial charge >= 0.3 is 0 Å². The predicted octanol–water partition coefficient (Wildman–Crippen LogP) is 5.72. The van der Waals surface area contributed by atoms with E-state index >= 15 is 0 Å². The number of carbonyl (C=O) groups excluding carboxylic acids is 1. The van der Waals surface area contributed by atoms with Crippen LogP contribution in [0.1, 0.15) is 60.3 Å². The van der Waals surface area contributed by atoms with Gasteiger partial charge in [0.1, 0.15) is 18.5 Å². The highest BCUT2D eigenvalue weighted by Gasteiger charge is 2.37. The first-order valence-electron chi connectivity index (χ1n) is 11.4. The van der Waals surface area contributed by atoms with Crippen LogP contribution in [-0.2, 0) is 24.1 Å². The van der Waals surface area contributed by atoms with Crippen molar-refractivity contribution in [3.8, 4) is 17.2 Å². The van der Waals surface area contributed by atoms with Crippen LogP contribution in [-0.4, -0.2) is 25.9 Å². The minimum absolute atomic E-state index is 0.359. The Morgan fingerprint density at radius 3 is 2.71 bits per heavy atom. The molecule has 2 atom stereocenters. The SMILES string of the molecule is C=O.COc1ccc2c(c1OC1CCCC1)CC1CCc3cc4c(cc3C1C2)OCS4. The number of aryl methyl sites for hydroxylation is 1. The zero-order chi connectivity index (χ0) is 21.4. The van der Waals surface area contributed by atoms with Gasteiger partial charge in [0.15, 0.2) is 11.5 Å². The standard InChI is InChI=1S/C25H28O3S.CH2O/c1-26-22-9-8-16-10-19-15(11-21(16)25(22)28-18-4-2-3-5-18)6-7-17-12-24-23(13-20(17)19)27-14-29-24;1-2/h8-9,12-13,15,18-19H,2-7,10-11,14H2,1H3;1H2. The number of rotatable bonds is 3. The molecule has 4 aliphatic rings. The molecule has 2 aromatic rings. The smallest absolute Gasteiger partial charge is 0.165 e. The molecule has 4 nitrogen and oxygen atoms in total. The molecule has 0 bridgehead atoms. The predicted molar refractivity (Wildman–Crippen MR) is 123 cm³/mol. The van der Waals surface area contributed by atoms with Gasteiger partial charge in [-0.15, -0.1) is 0 Å². The summed E-state index contributed by atoms with van der Waals surface area (Å²) in [6.45, 7) is 2.00. The molecule has 31 heavy (non-hydrogen) atoms. The molecule has 1 aliphatic heterocycles. The van der Waals surface area contributed by atoms with Gasteiger partial charge in [-0.2, -0.15) is 0 Å². The topological polar surface area (TPSA) is 44.8 Å². The van der Waals surface area contributed by atoms with Crippen molar-refractivity contribution in [1.29, 1.82) is 0 Å². The summed E-state index contributed by atoms with van der Waals surface area (Å²) in [6, 6.07) is 9.15. The number of fused-ring (bicyclic) bond motifs is 5. The average Bonchev–Trinajstić information content (AvgIpc) is 3.50. The fourth-order valence-electron chi connectivity index (χ4n) is 5.90. The van der Waals surface area contributed by atoms with E-state index in [4.69, 9.17) is 19.0 Å². The van der Waals surface area contributed by atoms with Crippen molar-refractivity contribution in [2.24, 2.45) is 5.92 Å². The fourth-order valence-corrected chi connectivity index (χ4v) is 6.70. The zero-order valence-electron chi connectivity index (χ0n) is 18.2. The minimum atomic E-state index is 0.359. The second-order valence-corrected chi connectivity index (χ2v) is 9.94. The Morgan fingerprint density at radius 1 is 1.06 bits per heavy atom. The Labute approximate surface area is 188 Å². The first-order valence-corrected chi connectivity index (χ1v) is 12.4. The molecule has 1 fully saturated rings. The minimum Gasteiger partial charge on any atom is -0.493 e. The van der Waals surface area contributed by atoms with Gasteiger partial charge in [-0.05, 0) is 98.1 Å². The highest BCUT2D eigenvalue weighted by atomic mass is 32.2. The summed E-state index contributed by atoms with van der Waals surface area (Å²) in [5.74, 6) is 5.08. The van der Waals surface area contributed by atoms with E-state index in [9.17, 15) is 0 Å². The number of hydrogen-bond donors (Lipinski definition) is 0. The fraction of sp³-hybridized carbons (Fsp3) is 0.500. The molecule has 1 heterocycles. The zero-order valence-corrected chi connectivity index (χ0v) is 19.0. The van der Waals surface area contributed by atoms with E-state index < -0.39 is 0 Å². The van der Waals surface area contributed by atoms with Gasteiger partial charge < -0.3 is 19.0 Å². The maximum atomic E-state index is 8.00. The molecule has 164 valence electrons. The third-order valence-corrected chi connectivity index (χ3v) is 8.29. The molecule has 2 aromatic carbocycles. The molecular formula is C26H30O4S. The van der Waals surface area contributed by atoms with Gasteiger partial charge in [-0.1, -0.05) is 17.8 Å². The third-order valence-electron chi connectivity index (χ3n) is 7.42. The van der Waals surface area contributed by atoms with Crippen LogP contribution < -0.4 is 14.2 Å². The van der Waals surface area contributed by atoms with Crippen LogP contribution in [0.15, 0.2) is 29.2 Å². The van der Waals surface area contributed by atoms with E-state index in [1.807, 2.05) is 18.6 Å².